The van der Waals surface area contributed by atoms with E-state index in [4.69, 9.17) is 4.42 Å². The van der Waals surface area contributed by atoms with Crippen LogP contribution in [0, 0.1) is 12.8 Å². The molecule has 2 N–H and O–H groups in total. The quantitative estimate of drug-likeness (QED) is 0.708. The molecule has 0 bridgehead atoms. The minimum absolute atomic E-state index is 0.150. The zero-order valence-corrected chi connectivity index (χ0v) is 8.04. The number of nitrogens with one attached hydrogen (secondary N) is 2. The van der Waals surface area contributed by atoms with Crippen LogP contribution in [-0.4, -0.2) is 30.5 Å². The highest BCUT2D eigenvalue weighted by molar-refractivity contribution is 5.93. The third-order valence-electron chi connectivity index (χ3n) is 2.38. The van der Waals surface area contributed by atoms with Gasteiger partial charge in [-0.1, -0.05) is 0 Å². The molecule has 1 amide bonds. The molecular formula is C9H13N3O2. The molecule has 0 aliphatic carbocycles. The predicted molar refractivity (Wildman–Crippen MR) is 49.9 cm³/mol. The van der Waals surface area contributed by atoms with Gasteiger partial charge in [0.1, 0.15) is 5.76 Å². The van der Waals surface area contributed by atoms with E-state index in [0.29, 0.717) is 23.9 Å². The van der Waals surface area contributed by atoms with Crippen molar-refractivity contribution in [3.05, 3.63) is 17.8 Å². The Bertz CT molecular complexity index is 331. The van der Waals surface area contributed by atoms with Crippen molar-refractivity contribution in [2.24, 2.45) is 5.92 Å². The van der Waals surface area contributed by atoms with Crippen molar-refractivity contribution in [2.75, 3.05) is 19.6 Å². The average molecular weight is 195 g/mol. The van der Waals surface area contributed by atoms with Gasteiger partial charge in [-0.15, -0.1) is 0 Å². The summed E-state index contributed by atoms with van der Waals surface area (Å²) in [6.45, 7) is 4.40. The molecule has 1 aliphatic heterocycles. The third kappa shape index (κ3) is 1.77. The normalized spacial score (nSPS) is 16.4. The Morgan fingerprint density at radius 1 is 1.79 bits per heavy atom. The molecule has 1 aromatic heterocycles. The van der Waals surface area contributed by atoms with E-state index in [1.807, 2.05) is 0 Å². The summed E-state index contributed by atoms with van der Waals surface area (Å²) in [6, 6.07) is 0. The second kappa shape index (κ2) is 3.79. The Kier molecular flexibility index (Phi) is 2.49. The monoisotopic (exact) mass is 195 g/mol. The molecule has 0 unspecified atom stereocenters. The lowest BCUT2D eigenvalue weighted by atomic mass is 10.0. The third-order valence-corrected chi connectivity index (χ3v) is 2.38. The van der Waals surface area contributed by atoms with Gasteiger partial charge in [-0.3, -0.25) is 4.79 Å². The maximum Gasteiger partial charge on any atom is 0.273 e. The van der Waals surface area contributed by atoms with Gasteiger partial charge in [0.25, 0.3) is 5.91 Å². The summed E-state index contributed by atoms with van der Waals surface area (Å²) in [5.41, 5.74) is 0.386. The van der Waals surface area contributed by atoms with Gasteiger partial charge in [0.15, 0.2) is 12.1 Å². The molecule has 14 heavy (non-hydrogen) atoms. The van der Waals surface area contributed by atoms with E-state index < -0.39 is 0 Å². The van der Waals surface area contributed by atoms with Crippen molar-refractivity contribution >= 4 is 5.91 Å². The highest BCUT2D eigenvalue weighted by atomic mass is 16.3. The fraction of sp³-hybridized carbons (Fsp3) is 0.556. The molecule has 0 spiro atoms. The Morgan fingerprint density at radius 2 is 2.57 bits per heavy atom. The Balaban J connectivity index is 1.86. The number of aryl methyl sites for hydroxylation is 1. The Hall–Kier alpha value is -1.36. The Labute approximate surface area is 81.9 Å². The van der Waals surface area contributed by atoms with Gasteiger partial charge in [-0.05, 0) is 6.92 Å². The van der Waals surface area contributed by atoms with Gasteiger partial charge in [-0.25, -0.2) is 4.98 Å². The van der Waals surface area contributed by atoms with Crippen LogP contribution >= 0.6 is 0 Å². The highest BCUT2D eigenvalue weighted by Crippen LogP contribution is 2.05. The second-order valence-electron chi connectivity index (χ2n) is 3.49. The van der Waals surface area contributed by atoms with E-state index in [-0.39, 0.29) is 5.91 Å². The largest absolute Gasteiger partial charge is 0.448 e. The molecular weight excluding hydrogens is 182 g/mol. The van der Waals surface area contributed by atoms with Crippen LogP contribution in [0.25, 0.3) is 0 Å². The summed E-state index contributed by atoms with van der Waals surface area (Å²) in [4.78, 5) is 15.4. The lowest BCUT2D eigenvalue weighted by Gasteiger charge is -2.26. The molecule has 5 nitrogen and oxygen atoms in total. The van der Waals surface area contributed by atoms with E-state index in [0.717, 1.165) is 13.1 Å². The first kappa shape index (κ1) is 9.21. The molecule has 0 radical (unpaired) electrons. The molecule has 1 fully saturated rings. The topological polar surface area (TPSA) is 67.2 Å². The first-order valence-electron chi connectivity index (χ1n) is 4.66. The van der Waals surface area contributed by atoms with Gasteiger partial charge in [0.05, 0.1) is 0 Å². The lowest BCUT2D eigenvalue weighted by Crippen LogP contribution is -2.48. The number of carbonyl (C=O) groups is 1. The molecule has 76 valence electrons. The van der Waals surface area contributed by atoms with Crippen LogP contribution in [0.4, 0.5) is 0 Å². The maximum atomic E-state index is 11.5. The van der Waals surface area contributed by atoms with Crippen LogP contribution in [0.2, 0.25) is 0 Å². The van der Waals surface area contributed by atoms with Crippen molar-refractivity contribution in [2.45, 2.75) is 6.92 Å². The van der Waals surface area contributed by atoms with E-state index in [1.165, 1.54) is 6.39 Å². The number of amides is 1. The SMILES string of the molecule is Cc1ocnc1C(=O)NCC1CNC1. The fourth-order valence-corrected chi connectivity index (χ4v) is 1.34. The fourth-order valence-electron chi connectivity index (χ4n) is 1.34. The van der Waals surface area contributed by atoms with Gasteiger partial charge < -0.3 is 15.1 Å². The molecule has 1 saturated heterocycles. The first-order valence-corrected chi connectivity index (χ1v) is 4.66. The zero-order chi connectivity index (χ0) is 9.97. The van der Waals surface area contributed by atoms with Crippen molar-refractivity contribution in [1.29, 1.82) is 0 Å². The van der Waals surface area contributed by atoms with E-state index in [9.17, 15) is 4.79 Å². The molecule has 2 rings (SSSR count). The van der Waals surface area contributed by atoms with Gasteiger partial charge in [-0.2, -0.15) is 0 Å². The molecule has 0 atom stereocenters. The zero-order valence-electron chi connectivity index (χ0n) is 8.04. The van der Waals surface area contributed by atoms with Crippen molar-refractivity contribution in [3.8, 4) is 0 Å². The van der Waals surface area contributed by atoms with E-state index >= 15 is 0 Å². The number of hydrogen-bond acceptors (Lipinski definition) is 4. The minimum atomic E-state index is -0.150. The standard InChI is InChI=1S/C9H13N3O2/c1-6-8(12-5-14-6)9(13)11-4-7-2-10-3-7/h5,7,10H,2-4H2,1H3,(H,11,13). The van der Waals surface area contributed by atoms with E-state index in [1.54, 1.807) is 6.92 Å². The summed E-state index contributed by atoms with van der Waals surface area (Å²) < 4.78 is 4.95. The molecule has 1 aliphatic rings. The van der Waals surface area contributed by atoms with Crippen LogP contribution in [-0.2, 0) is 0 Å². The predicted octanol–water partition coefficient (Wildman–Crippen LogP) is -0.0678. The number of aromatic nitrogens is 1. The number of nitrogens with zero attached hydrogens (tertiary/aromatic N) is 1. The highest BCUT2D eigenvalue weighted by Gasteiger charge is 2.19. The van der Waals surface area contributed by atoms with Crippen molar-refractivity contribution in [1.82, 2.24) is 15.6 Å². The second-order valence-corrected chi connectivity index (χ2v) is 3.49. The van der Waals surface area contributed by atoms with E-state index in [2.05, 4.69) is 15.6 Å². The van der Waals surface area contributed by atoms with Crippen molar-refractivity contribution in [3.63, 3.8) is 0 Å². The molecule has 5 heteroatoms. The molecule has 0 saturated carbocycles. The molecule has 2 heterocycles. The van der Waals surface area contributed by atoms with Gasteiger partial charge >= 0.3 is 0 Å². The number of oxazole rings is 1. The van der Waals surface area contributed by atoms with Crippen LogP contribution in [0.5, 0.6) is 0 Å². The summed E-state index contributed by atoms with van der Waals surface area (Å²) in [5, 5.41) is 5.97. The van der Waals surface area contributed by atoms with Crippen LogP contribution in [0.1, 0.15) is 16.2 Å². The van der Waals surface area contributed by atoms with Crippen molar-refractivity contribution < 1.29 is 9.21 Å². The molecule has 1 aromatic rings. The molecule has 0 aromatic carbocycles. The summed E-state index contributed by atoms with van der Waals surface area (Å²) in [5.74, 6) is 0.976. The maximum absolute atomic E-state index is 11.5. The Morgan fingerprint density at radius 3 is 3.07 bits per heavy atom. The summed E-state index contributed by atoms with van der Waals surface area (Å²) >= 11 is 0. The first-order chi connectivity index (χ1) is 6.77. The lowest BCUT2D eigenvalue weighted by molar-refractivity contribution is 0.0936. The van der Waals surface area contributed by atoms with Crippen LogP contribution < -0.4 is 10.6 Å². The average Bonchev–Trinajstić information content (AvgIpc) is 2.48. The smallest absolute Gasteiger partial charge is 0.273 e. The summed E-state index contributed by atoms with van der Waals surface area (Å²) in [6.07, 6.45) is 1.29. The number of rotatable bonds is 3. The number of carbonyl (C=O) groups excluding carboxylic acids is 1. The van der Waals surface area contributed by atoms with Crippen LogP contribution in [0.15, 0.2) is 10.8 Å². The van der Waals surface area contributed by atoms with Gasteiger partial charge in [0, 0.05) is 25.6 Å². The minimum Gasteiger partial charge on any atom is -0.448 e. The van der Waals surface area contributed by atoms with Crippen LogP contribution in [0.3, 0.4) is 0 Å². The van der Waals surface area contributed by atoms with Gasteiger partial charge in [0.2, 0.25) is 0 Å². The number of hydrogen-bond donors (Lipinski definition) is 2. The summed E-state index contributed by atoms with van der Waals surface area (Å²) in [7, 11) is 0.